The van der Waals surface area contributed by atoms with Crippen LogP contribution in [0.2, 0.25) is 0 Å². The van der Waals surface area contributed by atoms with E-state index in [4.69, 9.17) is 16.6 Å². The molecule has 0 spiro atoms. The predicted molar refractivity (Wildman–Crippen MR) is 60.6 cm³/mol. The van der Waals surface area contributed by atoms with Crippen molar-refractivity contribution in [2.45, 2.75) is 6.92 Å². The van der Waals surface area contributed by atoms with E-state index in [0.29, 0.717) is 12.1 Å². The maximum atomic E-state index is 10.9. The zero-order chi connectivity index (χ0) is 11.4. The molecular formula is C11H14N2O2. The van der Waals surface area contributed by atoms with Crippen molar-refractivity contribution >= 4 is 17.7 Å². The van der Waals surface area contributed by atoms with E-state index in [1.165, 1.54) is 0 Å². The number of hydrogen-bond acceptors (Lipinski definition) is 3. The van der Waals surface area contributed by atoms with Crippen LogP contribution >= 0.6 is 0 Å². The first-order valence-electron chi connectivity index (χ1n) is 4.56. The molecule has 0 amide bonds. The van der Waals surface area contributed by atoms with Gasteiger partial charge in [0, 0.05) is 6.54 Å². The van der Waals surface area contributed by atoms with Crippen LogP contribution in [0.25, 0.3) is 6.08 Å². The van der Waals surface area contributed by atoms with Crippen molar-refractivity contribution in [2.24, 2.45) is 5.73 Å². The zero-order valence-corrected chi connectivity index (χ0v) is 8.53. The van der Waals surface area contributed by atoms with Gasteiger partial charge in [0.05, 0.1) is 11.3 Å². The Kier molecular flexibility index (Phi) is 3.46. The topological polar surface area (TPSA) is 89.3 Å². The molecule has 0 fully saturated rings. The van der Waals surface area contributed by atoms with Crippen molar-refractivity contribution in [1.29, 1.82) is 0 Å². The second kappa shape index (κ2) is 4.61. The highest BCUT2D eigenvalue weighted by atomic mass is 16.4. The fourth-order valence-electron chi connectivity index (χ4n) is 1.34. The summed E-state index contributed by atoms with van der Waals surface area (Å²) < 4.78 is 0. The number of carbonyl (C=O) groups is 1. The molecule has 0 aliphatic rings. The van der Waals surface area contributed by atoms with Gasteiger partial charge in [-0.25, -0.2) is 4.79 Å². The van der Waals surface area contributed by atoms with Gasteiger partial charge in [-0.1, -0.05) is 12.2 Å². The summed E-state index contributed by atoms with van der Waals surface area (Å²) in [6, 6.07) is 3.38. The highest BCUT2D eigenvalue weighted by Crippen LogP contribution is 2.21. The number of aromatic carboxylic acids is 1. The van der Waals surface area contributed by atoms with Gasteiger partial charge < -0.3 is 16.6 Å². The summed E-state index contributed by atoms with van der Waals surface area (Å²) in [5, 5.41) is 8.91. The third kappa shape index (κ3) is 2.57. The highest BCUT2D eigenvalue weighted by Gasteiger charge is 2.10. The lowest BCUT2D eigenvalue weighted by molar-refractivity contribution is 0.0698. The number of nitrogens with two attached hydrogens (primary N) is 2. The van der Waals surface area contributed by atoms with Crippen LogP contribution in [0.1, 0.15) is 21.5 Å². The molecule has 0 aliphatic carbocycles. The molecule has 80 valence electrons. The Morgan fingerprint density at radius 1 is 1.53 bits per heavy atom. The van der Waals surface area contributed by atoms with Crippen LogP contribution in [0, 0.1) is 6.92 Å². The van der Waals surface area contributed by atoms with Crippen molar-refractivity contribution in [3.63, 3.8) is 0 Å². The molecule has 0 heterocycles. The minimum Gasteiger partial charge on any atom is -0.478 e. The number of nitrogen functional groups attached to an aromatic ring is 1. The lowest BCUT2D eigenvalue weighted by atomic mass is 10.0. The monoisotopic (exact) mass is 206 g/mol. The quantitative estimate of drug-likeness (QED) is 0.649. The lowest BCUT2D eigenvalue weighted by Gasteiger charge is -2.06. The SMILES string of the molecule is Cc1cc(C=CCN)c(N)c(C(=O)O)c1. The smallest absolute Gasteiger partial charge is 0.337 e. The summed E-state index contributed by atoms with van der Waals surface area (Å²) >= 11 is 0. The molecule has 0 bridgehead atoms. The van der Waals surface area contributed by atoms with Gasteiger partial charge in [-0.2, -0.15) is 0 Å². The van der Waals surface area contributed by atoms with Gasteiger partial charge in [0.25, 0.3) is 0 Å². The van der Waals surface area contributed by atoms with Crippen molar-refractivity contribution < 1.29 is 9.90 Å². The summed E-state index contributed by atoms with van der Waals surface area (Å²) in [5.41, 5.74) is 13.0. The van der Waals surface area contributed by atoms with E-state index in [9.17, 15) is 4.79 Å². The van der Waals surface area contributed by atoms with Crippen molar-refractivity contribution in [2.75, 3.05) is 12.3 Å². The fraction of sp³-hybridized carbons (Fsp3) is 0.182. The van der Waals surface area contributed by atoms with Crippen LogP contribution < -0.4 is 11.5 Å². The number of anilines is 1. The fourth-order valence-corrected chi connectivity index (χ4v) is 1.34. The molecule has 5 N–H and O–H groups in total. The number of carboxylic acid groups (broad SMARTS) is 1. The molecule has 0 aliphatic heterocycles. The first-order chi connectivity index (χ1) is 7.06. The molecule has 0 radical (unpaired) electrons. The molecule has 0 atom stereocenters. The highest BCUT2D eigenvalue weighted by molar-refractivity contribution is 5.96. The Labute approximate surface area is 88.2 Å². The van der Waals surface area contributed by atoms with Crippen LogP contribution in [0.5, 0.6) is 0 Å². The van der Waals surface area contributed by atoms with Crippen molar-refractivity contribution in [1.82, 2.24) is 0 Å². The summed E-state index contributed by atoms with van der Waals surface area (Å²) in [5.74, 6) is -1.02. The summed E-state index contributed by atoms with van der Waals surface area (Å²) in [6.45, 7) is 2.22. The van der Waals surface area contributed by atoms with Gasteiger partial charge in [-0.05, 0) is 30.2 Å². The van der Waals surface area contributed by atoms with E-state index >= 15 is 0 Å². The van der Waals surface area contributed by atoms with Crippen molar-refractivity contribution in [3.05, 3.63) is 34.9 Å². The Bertz CT molecular complexity index is 411. The maximum absolute atomic E-state index is 10.9. The third-order valence-corrected chi connectivity index (χ3v) is 2.02. The Morgan fingerprint density at radius 3 is 2.73 bits per heavy atom. The second-order valence-corrected chi connectivity index (χ2v) is 3.26. The van der Waals surface area contributed by atoms with E-state index in [-0.39, 0.29) is 11.3 Å². The summed E-state index contributed by atoms with van der Waals surface area (Å²) in [6.07, 6.45) is 3.46. The number of hydrogen-bond donors (Lipinski definition) is 3. The average molecular weight is 206 g/mol. The van der Waals surface area contributed by atoms with E-state index in [0.717, 1.165) is 5.56 Å². The Balaban J connectivity index is 3.28. The molecule has 0 unspecified atom stereocenters. The standard InChI is InChI=1S/C11H14N2O2/c1-7-5-8(3-2-4-12)10(13)9(6-7)11(14)15/h2-3,5-6H,4,12-13H2,1H3,(H,14,15). The minimum absolute atomic E-state index is 0.131. The van der Waals surface area contributed by atoms with Gasteiger partial charge in [-0.15, -0.1) is 0 Å². The molecule has 0 aromatic heterocycles. The van der Waals surface area contributed by atoms with Crippen LogP contribution in [0.4, 0.5) is 5.69 Å². The molecule has 1 aromatic carbocycles. The second-order valence-electron chi connectivity index (χ2n) is 3.26. The molecule has 4 heteroatoms. The zero-order valence-electron chi connectivity index (χ0n) is 8.53. The molecular weight excluding hydrogens is 192 g/mol. The largest absolute Gasteiger partial charge is 0.478 e. The Hall–Kier alpha value is -1.81. The first kappa shape index (κ1) is 11.3. The average Bonchev–Trinajstić information content (AvgIpc) is 2.18. The molecule has 4 nitrogen and oxygen atoms in total. The van der Waals surface area contributed by atoms with Gasteiger partial charge >= 0.3 is 5.97 Å². The molecule has 0 saturated carbocycles. The molecule has 1 aromatic rings. The number of rotatable bonds is 3. The van der Waals surface area contributed by atoms with Crippen LogP contribution in [-0.4, -0.2) is 17.6 Å². The first-order valence-corrected chi connectivity index (χ1v) is 4.56. The van der Waals surface area contributed by atoms with E-state index < -0.39 is 5.97 Å². The Morgan fingerprint density at radius 2 is 2.20 bits per heavy atom. The minimum atomic E-state index is -1.02. The van der Waals surface area contributed by atoms with Gasteiger partial charge in [0.2, 0.25) is 0 Å². The number of benzene rings is 1. The van der Waals surface area contributed by atoms with Crippen LogP contribution in [0.3, 0.4) is 0 Å². The van der Waals surface area contributed by atoms with Gasteiger partial charge in [-0.3, -0.25) is 0 Å². The number of aryl methyl sites for hydroxylation is 1. The normalized spacial score (nSPS) is 10.8. The van der Waals surface area contributed by atoms with Crippen LogP contribution in [0.15, 0.2) is 18.2 Å². The number of carboxylic acids is 1. The lowest BCUT2D eigenvalue weighted by Crippen LogP contribution is -2.05. The molecule has 15 heavy (non-hydrogen) atoms. The van der Waals surface area contributed by atoms with Crippen molar-refractivity contribution in [3.8, 4) is 0 Å². The van der Waals surface area contributed by atoms with E-state index in [1.54, 1.807) is 18.2 Å². The van der Waals surface area contributed by atoms with E-state index in [2.05, 4.69) is 0 Å². The van der Waals surface area contributed by atoms with Gasteiger partial charge in [0.15, 0.2) is 0 Å². The summed E-state index contributed by atoms with van der Waals surface area (Å²) in [7, 11) is 0. The molecule has 0 saturated heterocycles. The van der Waals surface area contributed by atoms with Gasteiger partial charge in [0.1, 0.15) is 0 Å². The summed E-state index contributed by atoms with van der Waals surface area (Å²) in [4.78, 5) is 10.9. The predicted octanol–water partition coefficient (Wildman–Crippen LogP) is 1.25. The maximum Gasteiger partial charge on any atom is 0.337 e. The van der Waals surface area contributed by atoms with Crippen LogP contribution in [-0.2, 0) is 0 Å². The third-order valence-electron chi connectivity index (χ3n) is 2.02. The van der Waals surface area contributed by atoms with E-state index in [1.807, 2.05) is 13.0 Å². The molecule has 1 rings (SSSR count).